The summed E-state index contributed by atoms with van der Waals surface area (Å²) in [6.45, 7) is 6.51. The highest BCUT2D eigenvalue weighted by Gasteiger charge is 2.31. The summed E-state index contributed by atoms with van der Waals surface area (Å²) in [5.41, 5.74) is 0. The van der Waals surface area contributed by atoms with Crippen molar-refractivity contribution >= 4 is 20.4 Å². The lowest BCUT2D eigenvalue weighted by Gasteiger charge is -2.30. The van der Waals surface area contributed by atoms with Crippen molar-refractivity contribution in [2.45, 2.75) is 141 Å². The molecule has 29 heavy (non-hydrogen) atoms. The molecule has 0 bridgehead atoms. The predicted molar refractivity (Wildman–Crippen MR) is 130 cm³/mol. The number of alkyl halides is 1. The monoisotopic (exact) mass is 453 g/mol. The van der Waals surface area contributed by atoms with Crippen molar-refractivity contribution in [1.29, 1.82) is 0 Å². The van der Waals surface area contributed by atoms with Gasteiger partial charge in [-0.1, -0.05) is 104 Å². The summed E-state index contributed by atoms with van der Waals surface area (Å²) >= 11 is 6.64. The molecule has 0 aromatic rings. The molecule has 6 heteroatoms. The van der Waals surface area contributed by atoms with Crippen molar-refractivity contribution in [3.05, 3.63) is 0 Å². The van der Waals surface area contributed by atoms with Crippen LogP contribution in [-0.4, -0.2) is 28.1 Å². The van der Waals surface area contributed by atoms with E-state index < -0.39 is 8.80 Å². The molecule has 0 fully saturated rings. The van der Waals surface area contributed by atoms with E-state index in [4.69, 9.17) is 26.0 Å². The molecule has 0 radical (unpaired) electrons. The molecule has 2 atom stereocenters. The largest absolute Gasteiger partial charge is 0.492 e. The molecule has 0 saturated heterocycles. The minimum atomic E-state index is -3.91. The Morgan fingerprint density at radius 2 is 1.10 bits per heavy atom. The molecule has 4 nitrogen and oxygen atoms in total. The molecule has 0 aliphatic rings. The molecule has 0 heterocycles. The Kier molecular flexibility index (Phi) is 20.7. The molecule has 0 aliphatic heterocycles. The molecule has 0 saturated carbocycles. The Morgan fingerprint density at radius 3 is 1.48 bits per heavy atom. The van der Waals surface area contributed by atoms with Gasteiger partial charge in [0.15, 0.2) is 0 Å². The zero-order valence-corrected chi connectivity index (χ0v) is 21.5. The van der Waals surface area contributed by atoms with Gasteiger partial charge in [-0.15, -0.1) is 11.6 Å². The van der Waals surface area contributed by atoms with E-state index in [1.165, 1.54) is 89.9 Å². The summed E-state index contributed by atoms with van der Waals surface area (Å²) in [5.74, 6) is 0.402. The minimum absolute atomic E-state index is 0. The number of rotatable bonds is 20. The van der Waals surface area contributed by atoms with Crippen molar-refractivity contribution in [3.8, 4) is 0 Å². The maximum Gasteiger partial charge on any atom is 0.492 e. The highest BCUT2D eigenvalue weighted by molar-refractivity contribution is 6.56. The summed E-state index contributed by atoms with van der Waals surface area (Å²) in [6.07, 6.45) is 21.7. The second kappa shape index (κ2) is 19.1. The number of hydrogen-bond acceptors (Lipinski definition) is 4. The van der Waals surface area contributed by atoms with Crippen LogP contribution in [0.4, 0.5) is 0 Å². The van der Waals surface area contributed by atoms with E-state index in [-0.39, 0.29) is 17.1 Å². The van der Waals surface area contributed by atoms with Gasteiger partial charge in [-0.3, -0.25) is 0 Å². The van der Waals surface area contributed by atoms with Crippen LogP contribution in [0.15, 0.2) is 0 Å². The molecule has 178 valence electrons. The van der Waals surface area contributed by atoms with Gasteiger partial charge in [0.05, 0.1) is 0 Å². The first-order valence-corrected chi connectivity index (χ1v) is 14.5. The Balaban J connectivity index is 0. The molecule has 0 aliphatic carbocycles. The maximum atomic E-state index is 9.10. The van der Waals surface area contributed by atoms with Crippen LogP contribution in [0.25, 0.3) is 0 Å². The van der Waals surface area contributed by atoms with Crippen molar-refractivity contribution in [2.75, 3.05) is 0 Å². The van der Waals surface area contributed by atoms with Gasteiger partial charge in [-0.2, -0.15) is 0 Å². The topological polar surface area (TPSA) is 95.7 Å². The summed E-state index contributed by atoms with van der Waals surface area (Å²) in [5, 5.41) is 0. The van der Waals surface area contributed by atoms with Gasteiger partial charge >= 0.3 is 8.80 Å². The third-order valence-corrected chi connectivity index (χ3v) is 7.78. The normalized spacial score (nSPS) is 15.0. The Labute approximate surface area is 187 Å². The third-order valence-electron chi connectivity index (χ3n) is 6.20. The fraction of sp³-hybridized carbons (Fsp3) is 1.00. The lowest BCUT2D eigenvalue weighted by molar-refractivity contribution is 0.224. The van der Waals surface area contributed by atoms with Gasteiger partial charge in [0, 0.05) is 10.9 Å². The first kappa shape index (κ1) is 31.5. The summed E-state index contributed by atoms with van der Waals surface area (Å²) in [6, 6.07) is 0.0842. The zero-order chi connectivity index (χ0) is 21.3. The molecule has 0 amide bonds. The number of unbranched alkanes of at least 4 members (excludes halogenated alkanes) is 13. The Bertz CT molecular complexity index is 352. The first-order valence-electron chi connectivity index (χ1n) is 12.0. The fourth-order valence-corrected chi connectivity index (χ4v) is 4.76. The highest BCUT2D eigenvalue weighted by atomic mass is 35.5. The Morgan fingerprint density at radius 1 is 0.724 bits per heavy atom. The molecule has 0 rings (SSSR count). The molecular formula is C23H52ClNO3Si. The van der Waals surface area contributed by atoms with Crippen LogP contribution in [0.5, 0.6) is 0 Å². The van der Waals surface area contributed by atoms with Crippen LogP contribution in [0.2, 0.25) is 6.04 Å². The van der Waals surface area contributed by atoms with Crippen molar-refractivity contribution in [3.63, 3.8) is 0 Å². The highest BCUT2D eigenvalue weighted by Crippen LogP contribution is 2.34. The minimum Gasteiger partial charge on any atom is -0.390 e. The van der Waals surface area contributed by atoms with E-state index in [9.17, 15) is 0 Å². The van der Waals surface area contributed by atoms with Crippen LogP contribution in [0.1, 0.15) is 130 Å². The quantitative estimate of drug-likeness (QED) is 0.0879. The van der Waals surface area contributed by atoms with Crippen molar-refractivity contribution in [2.24, 2.45) is 5.92 Å². The second-order valence-electron chi connectivity index (χ2n) is 9.19. The summed E-state index contributed by atoms with van der Waals surface area (Å²) in [7, 11) is -3.91. The fourth-order valence-electron chi connectivity index (χ4n) is 3.86. The number of hydrogen-bond donors (Lipinski definition) is 4. The molecular weight excluding hydrogens is 402 g/mol. The van der Waals surface area contributed by atoms with E-state index >= 15 is 0 Å². The van der Waals surface area contributed by atoms with Crippen LogP contribution in [0, 0.1) is 5.92 Å². The smallest absolute Gasteiger partial charge is 0.390 e. The average Bonchev–Trinajstić information content (AvgIpc) is 2.60. The van der Waals surface area contributed by atoms with E-state index in [1.807, 2.05) is 6.92 Å². The van der Waals surface area contributed by atoms with Crippen LogP contribution in [-0.2, 0) is 0 Å². The summed E-state index contributed by atoms with van der Waals surface area (Å²) < 4.78 is 0. The average molecular weight is 454 g/mol. The van der Waals surface area contributed by atoms with Gasteiger partial charge < -0.3 is 20.5 Å². The second-order valence-corrected chi connectivity index (χ2v) is 12.1. The lowest BCUT2D eigenvalue weighted by Crippen LogP contribution is -2.35. The lowest BCUT2D eigenvalue weighted by atomic mass is 9.86. The third kappa shape index (κ3) is 21.4. The Hall–Kier alpha value is 0.347. The van der Waals surface area contributed by atoms with E-state index in [1.54, 1.807) is 0 Å². The van der Waals surface area contributed by atoms with Crippen molar-refractivity contribution < 1.29 is 14.4 Å². The molecule has 0 spiro atoms. The van der Waals surface area contributed by atoms with Crippen LogP contribution in [0.3, 0.4) is 0 Å². The maximum absolute atomic E-state index is 9.10. The molecule has 0 aromatic carbocycles. The van der Waals surface area contributed by atoms with Gasteiger partial charge in [-0.05, 0) is 32.1 Å². The van der Waals surface area contributed by atoms with Gasteiger partial charge in [-0.25, -0.2) is 0 Å². The predicted octanol–water partition coefficient (Wildman–Crippen LogP) is 7.35. The first-order chi connectivity index (χ1) is 13.2. The SMILES string of the molecule is CCCCCCCCCCCCCCCCC(C)C(C)(Cl)CCC[Si](O)(O)O.N. The van der Waals surface area contributed by atoms with Crippen LogP contribution >= 0.6 is 11.6 Å². The van der Waals surface area contributed by atoms with E-state index in [2.05, 4.69) is 13.8 Å². The van der Waals surface area contributed by atoms with Crippen LogP contribution < -0.4 is 6.15 Å². The standard InChI is InChI=1S/C23H49ClO3Si.H3N/c1-4-5-6-7-8-9-10-11-12-13-14-15-16-17-19-22(2)23(3,24)20-18-21-28(25,26)27;/h22,25-27H,4-21H2,1-3H3;1H3. The van der Waals surface area contributed by atoms with Crippen molar-refractivity contribution in [1.82, 2.24) is 6.15 Å². The number of halogens is 1. The van der Waals surface area contributed by atoms with Gasteiger partial charge in [0.2, 0.25) is 0 Å². The van der Waals surface area contributed by atoms with Gasteiger partial charge in [0.1, 0.15) is 0 Å². The van der Waals surface area contributed by atoms with E-state index in [0.29, 0.717) is 18.8 Å². The van der Waals surface area contributed by atoms with Gasteiger partial charge in [0.25, 0.3) is 0 Å². The zero-order valence-electron chi connectivity index (χ0n) is 19.7. The molecule has 2 unspecified atom stereocenters. The van der Waals surface area contributed by atoms with E-state index in [0.717, 1.165) is 6.42 Å². The molecule has 6 N–H and O–H groups in total. The molecule has 0 aromatic heterocycles. The summed E-state index contributed by atoms with van der Waals surface area (Å²) in [4.78, 5) is 27.0.